The number of nitrogens with zero attached hydrogens (tertiary/aromatic N) is 3. The average Bonchev–Trinajstić information content (AvgIpc) is 3.51. The first-order chi connectivity index (χ1) is 16.1. The van der Waals surface area contributed by atoms with E-state index < -0.39 is 0 Å². The maximum absolute atomic E-state index is 14.0. The second-order valence-electron chi connectivity index (χ2n) is 8.69. The number of hydrogen-bond acceptors (Lipinski definition) is 6. The Kier molecular flexibility index (Phi) is 5.95. The SMILES string of the molecule is CCN1CCC(C(=O)C2CC(c3cc4c(-c5cc(F)ccc5OC)ncnc4[nH]3)=CCN2)C1. The standard InChI is InChI=1S/C25H28FN5O2/c1-3-31-9-7-16(13-31)24(32)21-10-15(6-8-27-21)20-12-19-23(28-14-29-25(19)30-20)18-11-17(26)4-5-22(18)33-2/h4-6,11-12,14,16,21,27H,3,7-10,13H2,1-2H3,(H,28,29,30). The van der Waals surface area contributed by atoms with Gasteiger partial charge >= 0.3 is 0 Å². The average molecular weight is 450 g/mol. The van der Waals surface area contributed by atoms with Crippen molar-refractivity contribution in [3.8, 4) is 17.0 Å². The lowest BCUT2D eigenvalue weighted by molar-refractivity contribution is -0.124. The summed E-state index contributed by atoms with van der Waals surface area (Å²) in [6.45, 7) is 5.62. The highest BCUT2D eigenvalue weighted by atomic mass is 19.1. The minimum Gasteiger partial charge on any atom is -0.496 e. The number of carbonyl (C=O) groups excluding carboxylic acids is 1. The number of fused-ring (bicyclic) bond motifs is 1. The van der Waals surface area contributed by atoms with Crippen LogP contribution in [0.1, 0.15) is 25.5 Å². The molecule has 2 atom stereocenters. The molecule has 2 aliphatic rings. The lowest BCUT2D eigenvalue weighted by Crippen LogP contribution is -2.43. The second kappa shape index (κ2) is 9.03. The normalized spacial score (nSPS) is 21.4. The largest absolute Gasteiger partial charge is 0.496 e. The molecule has 0 radical (unpaired) electrons. The van der Waals surface area contributed by atoms with E-state index in [4.69, 9.17) is 4.74 Å². The molecule has 0 amide bonds. The fourth-order valence-electron chi connectivity index (χ4n) is 4.95. The number of nitrogens with one attached hydrogen (secondary N) is 2. The zero-order valence-corrected chi connectivity index (χ0v) is 18.9. The fraction of sp³-hybridized carbons (Fsp3) is 0.400. The molecule has 8 heteroatoms. The van der Waals surface area contributed by atoms with Crippen LogP contribution in [0.25, 0.3) is 27.9 Å². The van der Waals surface area contributed by atoms with Crippen LogP contribution in [0.15, 0.2) is 36.7 Å². The molecule has 1 aromatic carbocycles. The van der Waals surface area contributed by atoms with E-state index in [9.17, 15) is 9.18 Å². The van der Waals surface area contributed by atoms with Crippen LogP contribution in [-0.2, 0) is 4.79 Å². The summed E-state index contributed by atoms with van der Waals surface area (Å²) in [5.74, 6) is 0.591. The Morgan fingerprint density at radius 1 is 1.30 bits per heavy atom. The van der Waals surface area contributed by atoms with Gasteiger partial charge in [0.2, 0.25) is 0 Å². The Labute approximate surface area is 192 Å². The number of methoxy groups -OCH3 is 1. The number of H-pyrrole nitrogens is 1. The van der Waals surface area contributed by atoms with Crippen LogP contribution in [0.5, 0.6) is 5.75 Å². The van der Waals surface area contributed by atoms with E-state index >= 15 is 0 Å². The van der Waals surface area contributed by atoms with E-state index in [1.807, 2.05) is 6.07 Å². The minimum atomic E-state index is -0.357. The van der Waals surface area contributed by atoms with E-state index in [-0.39, 0.29) is 17.8 Å². The quantitative estimate of drug-likeness (QED) is 0.600. The van der Waals surface area contributed by atoms with Gasteiger partial charge in [-0.05, 0) is 55.8 Å². The number of aromatic amines is 1. The molecule has 7 nitrogen and oxygen atoms in total. The first-order valence-electron chi connectivity index (χ1n) is 11.4. The fourth-order valence-corrected chi connectivity index (χ4v) is 4.95. The molecule has 1 saturated heterocycles. The molecule has 33 heavy (non-hydrogen) atoms. The molecule has 3 aromatic rings. The number of ether oxygens (including phenoxy) is 1. The van der Waals surface area contributed by atoms with Gasteiger partial charge in [-0.2, -0.15) is 0 Å². The molecule has 172 valence electrons. The minimum absolute atomic E-state index is 0.0995. The number of ketones is 1. The van der Waals surface area contributed by atoms with Crippen LogP contribution >= 0.6 is 0 Å². The predicted molar refractivity (Wildman–Crippen MR) is 125 cm³/mol. The van der Waals surface area contributed by atoms with Gasteiger partial charge in [-0.15, -0.1) is 0 Å². The summed E-state index contributed by atoms with van der Waals surface area (Å²) < 4.78 is 19.4. The molecule has 1 fully saturated rings. The number of hydrogen-bond donors (Lipinski definition) is 2. The van der Waals surface area contributed by atoms with Crippen LogP contribution in [0.2, 0.25) is 0 Å². The van der Waals surface area contributed by atoms with Crippen LogP contribution in [0.4, 0.5) is 4.39 Å². The summed E-state index contributed by atoms with van der Waals surface area (Å²) in [6, 6.07) is 6.19. The predicted octanol–water partition coefficient (Wildman–Crippen LogP) is 3.43. The number of carbonyl (C=O) groups is 1. The second-order valence-corrected chi connectivity index (χ2v) is 8.69. The number of aromatic nitrogens is 3. The molecule has 0 bridgehead atoms. The van der Waals surface area contributed by atoms with Gasteiger partial charge in [-0.1, -0.05) is 13.0 Å². The van der Waals surface area contributed by atoms with Crippen molar-refractivity contribution < 1.29 is 13.9 Å². The van der Waals surface area contributed by atoms with Crippen molar-refractivity contribution in [1.82, 2.24) is 25.2 Å². The Bertz CT molecular complexity index is 1220. The molecule has 2 N–H and O–H groups in total. The van der Waals surface area contributed by atoms with Crippen LogP contribution in [-0.4, -0.2) is 65.0 Å². The molecule has 2 unspecified atom stereocenters. The molecule has 0 spiro atoms. The maximum Gasteiger partial charge on any atom is 0.154 e. The van der Waals surface area contributed by atoms with Crippen LogP contribution in [0.3, 0.4) is 0 Å². The Balaban J connectivity index is 1.43. The molecule has 5 rings (SSSR count). The van der Waals surface area contributed by atoms with Crippen molar-refractivity contribution in [2.75, 3.05) is 33.3 Å². The summed E-state index contributed by atoms with van der Waals surface area (Å²) in [7, 11) is 1.55. The third-order valence-corrected chi connectivity index (χ3v) is 6.79. The van der Waals surface area contributed by atoms with Crippen LogP contribution < -0.4 is 10.1 Å². The number of likely N-dealkylation sites (tertiary alicyclic amines) is 1. The zero-order valence-electron chi connectivity index (χ0n) is 18.9. The maximum atomic E-state index is 14.0. The van der Waals surface area contributed by atoms with Crippen molar-refractivity contribution in [3.63, 3.8) is 0 Å². The van der Waals surface area contributed by atoms with E-state index in [0.717, 1.165) is 42.7 Å². The van der Waals surface area contributed by atoms with Crippen molar-refractivity contribution >= 4 is 22.4 Å². The van der Waals surface area contributed by atoms with Crippen LogP contribution in [0, 0.1) is 11.7 Å². The number of Topliss-reactive ketones (excluding diaryl/α,β-unsaturated/α-hetero) is 1. The van der Waals surface area contributed by atoms with Gasteiger partial charge in [0.15, 0.2) is 5.78 Å². The molecule has 2 aliphatic heterocycles. The highest BCUT2D eigenvalue weighted by molar-refractivity contribution is 5.95. The van der Waals surface area contributed by atoms with Gasteiger partial charge < -0.3 is 19.9 Å². The zero-order chi connectivity index (χ0) is 22.9. The van der Waals surface area contributed by atoms with Crippen molar-refractivity contribution in [2.45, 2.75) is 25.8 Å². The third kappa shape index (κ3) is 4.16. The number of benzene rings is 1. The highest BCUT2D eigenvalue weighted by Crippen LogP contribution is 2.35. The summed E-state index contributed by atoms with van der Waals surface area (Å²) in [5.41, 5.74) is 3.82. The smallest absolute Gasteiger partial charge is 0.154 e. The van der Waals surface area contributed by atoms with Gasteiger partial charge in [0.1, 0.15) is 23.5 Å². The van der Waals surface area contributed by atoms with Gasteiger partial charge in [0.05, 0.1) is 18.8 Å². The monoisotopic (exact) mass is 449 g/mol. The Morgan fingerprint density at radius 2 is 2.18 bits per heavy atom. The van der Waals surface area contributed by atoms with E-state index in [1.54, 1.807) is 13.2 Å². The molecular weight excluding hydrogens is 421 g/mol. The topological polar surface area (TPSA) is 83.1 Å². The summed E-state index contributed by atoms with van der Waals surface area (Å²) in [5, 5.41) is 4.16. The number of halogens is 1. The van der Waals surface area contributed by atoms with Gasteiger partial charge in [-0.25, -0.2) is 14.4 Å². The van der Waals surface area contributed by atoms with Crippen molar-refractivity contribution in [1.29, 1.82) is 0 Å². The summed E-state index contributed by atoms with van der Waals surface area (Å²) >= 11 is 0. The molecule has 4 heterocycles. The first-order valence-corrected chi connectivity index (χ1v) is 11.4. The molecule has 0 saturated carbocycles. The first kappa shape index (κ1) is 21.7. The lowest BCUT2D eigenvalue weighted by Gasteiger charge is -2.25. The van der Waals surface area contributed by atoms with Gasteiger partial charge in [-0.3, -0.25) is 4.79 Å². The van der Waals surface area contributed by atoms with Gasteiger partial charge in [0, 0.05) is 35.7 Å². The Morgan fingerprint density at radius 3 is 2.97 bits per heavy atom. The molecule has 2 aromatic heterocycles. The molecule has 0 aliphatic carbocycles. The van der Waals surface area contributed by atoms with E-state index in [1.165, 1.54) is 18.5 Å². The van der Waals surface area contributed by atoms with E-state index in [2.05, 4.69) is 38.2 Å². The third-order valence-electron chi connectivity index (χ3n) is 6.79. The van der Waals surface area contributed by atoms with Gasteiger partial charge in [0.25, 0.3) is 0 Å². The molecular formula is C25H28FN5O2. The highest BCUT2D eigenvalue weighted by Gasteiger charge is 2.33. The Hall–Kier alpha value is -3.10. The van der Waals surface area contributed by atoms with Crippen molar-refractivity contribution in [2.24, 2.45) is 5.92 Å². The van der Waals surface area contributed by atoms with E-state index in [0.29, 0.717) is 41.4 Å². The lowest BCUT2D eigenvalue weighted by atomic mass is 9.90. The summed E-state index contributed by atoms with van der Waals surface area (Å²) in [4.78, 5) is 27.7. The number of rotatable bonds is 6. The van der Waals surface area contributed by atoms with Crippen molar-refractivity contribution in [3.05, 3.63) is 48.2 Å². The summed E-state index contributed by atoms with van der Waals surface area (Å²) in [6.07, 6.45) is 5.13.